The lowest BCUT2D eigenvalue weighted by Gasteiger charge is -2.09. The number of nitrogens with zero attached hydrogens (tertiary/aromatic N) is 1. The molecule has 108 valence electrons. The number of hydrogen-bond acceptors (Lipinski definition) is 4. The maximum atomic E-state index is 5.27. The van der Waals surface area contributed by atoms with Crippen molar-refractivity contribution in [2.24, 2.45) is 5.10 Å². The first-order valence-corrected chi connectivity index (χ1v) is 7.44. The molecule has 0 radical (unpaired) electrons. The molecule has 0 aromatic heterocycles. The third-order valence-electron chi connectivity index (χ3n) is 2.86. The van der Waals surface area contributed by atoms with Gasteiger partial charge in [0.1, 0.15) is 5.45 Å². The Balaban J connectivity index is 2.21. The first-order chi connectivity index (χ1) is 10.3. The highest BCUT2D eigenvalue weighted by Gasteiger charge is 2.04. The highest BCUT2D eigenvalue weighted by atomic mass is 31.1. The van der Waals surface area contributed by atoms with Crippen LogP contribution in [-0.2, 0) is 0 Å². The van der Waals surface area contributed by atoms with Gasteiger partial charge in [0.05, 0.1) is 19.9 Å². The molecule has 1 N–H and O–H groups in total. The van der Waals surface area contributed by atoms with Crippen LogP contribution >= 0.6 is 8.20 Å². The van der Waals surface area contributed by atoms with E-state index in [1.165, 1.54) is 0 Å². The summed E-state index contributed by atoms with van der Waals surface area (Å²) in [5.41, 5.74) is 5.76. The quantitative estimate of drug-likeness (QED) is 0.500. The number of anilines is 1. The van der Waals surface area contributed by atoms with Crippen LogP contribution in [0.3, 0.4) is 0 Å². The molecule has 0 saturated heterocycles. The average molecular weight is 300 g/mol. The zero-order valence-electron chi connectivity index (χ0n) is 12.0. The van der Waals surface area contributed by atoms with Gasteiger partial charge in [-0.2, -0.15) is 5.10 Å². The van der Waals surface area contributed by atoms with Crippen LogP contribution in [0.25, 0.3) is 0 Å². The number of nitrogens with one attached hydrogen (secondary N) is 1. The van der Waals surface area contributed by atoms with Crippen molar-refractivity contribution in [2.75, 3.05) is 19.6 Å². The van der Waals surface area contributed by atoms with Gasteiger partial charge in [-0.25, -0.2) is 0 Å². The van der Waals surface area contributed by atoms with Crippen molar-refractivity contribution in [1.82, 2.24) is 0 Å². The lowest BCUT2D eigenvalue weighted by atomic mass is 10.2. The average Bonchev–Trinajstić information content (AvgIpc) is 2.56. The van der Waals surface area contributed by atoms with Gasteiger partial charge in [0.25, 0.3) is 0 Å². The maximum Gasteiger partial charge on any atom is 0.162 e. The Morgan fingerprint density at radius 2 is 1.76 bits per heavy atom. The summed E-state index contributed by atoms with van der Waals surface area (Å²) in [7, 11) is 4.06. The van der Waals surface area contributed by atoms with E-state index in [2.05, 4.69) is 16.8 Å². The molecule has 2 aromatic rings. The van der Waals surface area contributed by atoms with Gasteiger partial charge in [-0.3, -0.25) is 5.43 Å². The van der Waals surface area contributed by atoms with Crippen molar-refractivity contribution < 1.29 is 9.47 Å². The van der Waals surface area contributed by atoms with Crippen molar-refractivity contribution >= 4 is 25.6 Å². The Bertz CT molecular complexity index is 642. The molecule has 0 heterocycles. The predicted octanol–water partition coefficient (Wildman–Crippen LogP) is 3.86. The second-order valence-corrected chi connectivity index (χ2v) is 4.88. The summed E-state index contributed by atoms with van der Waals surface area (Å²) in [5, 5.41) is 4.41. The Morgan fingerprint density at radius 3 is 2.38 bits per heavy atom. The fourth-order valence-corrected chi connectivity index (χ4v) is 2.25. The van der Waals surface area contributed by atoms with Gasteiger partial charge in [-0.1, -0.05) is 44.8 Å². The van der Waals surface area contributed by atoms with E-state index < -0.39 is 0 Å². The lowest BCUT2D eigenvalue weighted by molar-refractivity contribution is 0.355. The van der Waals surface area contributed by atoms with E-state index in [1.807, 2.05) is 48.5 Å². The Kier molecular flexibility index (Phi) is 5.35. The highest BCUT2D eigenvalue weighted by molar-refractivity contribution is 7.57. The molecule has 4 nitrogen and oxygen atoms in total. The molecule has 0 amide bonds. The molecular weight excluding hydrogens is 283 g/mol. The molecular formula is C16H17N2O2P. The van der Waals surface area contributed by atoms with Crippen LogP contribution in [0.5, 0.6) is 11.5 Å². The number of rotatable bonds is 6. The van der Waals surface area contributed by atoms with Crippen LogP contribution < -0.4 is 14.9 Å². The van der Waals surface area contributed by atoms with E-state index in [-0.39, 0.29) is 0 Å². The normalized spacial score (nSPS) is 11.2. The first-order valence-electron chi connectivity index (χ1n) is 6.36. The van der Waals surface area contributed by atoms with E-state index in [0.29, 0.717) is 11.5 Å². The minimum absolute atomic E-state index is 0.658. The first kappa shape index (κ1) is 15.1. The number of ether oxygens (including phenoxy) is 2. The Morgan fingerprint density at radius 1 is 1.05 bits per heavy atom. The van der Waals surface area contributed by atoms with Gasteiger partial charge in [0, 0.05) is 11.6 Å². The maximum absolute atomic E-state index is 5.27. The predicted molar refractivity (Wildman–Crippen MR) is 90.2 cm³/mol. The largest absolute Gasteiger partial charge is 0.493 e. The Labute approximate surface area is 126 Å². The van der Waals surface area contributed by atoms with Crippen molar-refractivity contribution in [2.45, 2.75) is 0 Å². The third kappa shape index (κ3) is 3.83. The summed E-state index contributed by atoms with van der Waals surface area (Å²) < 4.78 is 10.5. The molecule has 0 aliphatic rings. The molecule has 5 heteroatoms. The van der Waals surface area contributed by atoms with E-state index in [0.717, 1.165) is 24.9 Å². The van der Waals surface area contributed by atoms with Crippen molar-refractivity contribution in [3.8, 4) is 11.5 Å². The van der Waals surface area contributed by atoms with Gasteiger partial charge in [-0.05, 0) is 12.1 Å². The zero-order chi connectivity index (χ0) is 15.1. The minimum Gasteiger partial charge on any atom is -0.493 e. The van der Waals surface area contributed by atoms with E-state index in [9.17, 15) is 0 Å². The summed E-state index contributed by atoms with van der Waals surface area (Å²) in [4.78, 5) is 0. The molecule has 0 fully saturated rings. The molecule has 0 atom stereocenters. The molecule has 2 aromatic carbocycles. The van der Waals surface area contributed by atoms with Crippen LogP contribution in [-0.4, -0.2) is 26.0 Å². The smallest absolute Gasteiger partial charge is 0.162 e. The van der Waals surface area contributed by atoms with Crippen LogP contribution in [0.2, 0.25) is 0 Å². The monoisotopic (exact) mass is 300 g/mol. The summed E-state index contributed by atoms with van der Waals surface area (Å²) in [6, 6.07) is 15.5. The summed E-state index contributed by atoms with van der Waals surface area (Å²) >= 11 is 0. The molecule has 0 bridgehead atoms. The molecule has 21 heavy (non-hydrogen) atoms. The lowest BCUT2D eigenvalue weighted by Crippen LogP contribution is -1.98. The van der Waals surface area contributed by atoms with Crippen LogP contribution in [0.1, 0.15) is 5.56 Å². The molecule has 0 aliphatic heterocycles. The number of hydrazone groups is 1. The van der Waals surface area contributed by atoms with Crippen molar-refractivity contribution in [3.63, 3.8) is 0 Å². The summed E-state index contributed by atoms with van der Waals surface area (Å²) in [6.45, 7) is 0. The second kappa shape index (κ2) is 7.46. The summed E-state index contributed by atoms with van der Waals surface area (Å²) in [5.74, 6) is 1.34. The third-order valence-corrected chi connectivity index (χ3v) is 3.51. The SMILES string of the molecule is C=P/C(=N/Nc1ccc(OC)c(OC)c1)c1ccccc1. The van der Waals surface area contributed by atoms with Crippen LogP contribution in [0.15, 0.2) is 53.6 Å². The van der Waals surface area contributed by atoms with Gasteiger partial charge < -0.3 is 9.47 Å². The topological polar surface area (TPSA) is 42.9 Å². The number of methoxy groups -OCH3 is 2. The Hall–Kier alpha value is -2.32. The van der Waals surface area contributed by atoms with E-state index >= 15 is 0 Å². The minimum atomic E-state index is 0.658. The van der Waals surface area contributed by atoms with Crippen LogP contribution in [0.4, 0.5) is 5.69 Å². The molecule has 2 rings (SSSR count). The fourth-order valence-electron chi connectivity index (χ4n) is 1.80. The van der Waals surface area contributed by atoms with Crippen molar-refractivity contribution in [1.29, 1.82) is 0 Å². The van der Waals surface area contributed by atoms with Crippen molar-refractivity contribution in [3.05, 3.63) is 54.1 Å². The van der Waals surface area contributed by atoms with Gasteiger partial charge >= 0.3 is 0 Å². The summed E-state index contributed by atoms with van der Waals surface area (Å²) in [6.07, 6.45) is 3.89. The van der Waals surface area contributed by atoms with E-state index in [1.54, 1.807) is 14.2 Å². The molecule has 0 saturated carbocycles. The molecule has 0 aliphatic carbocycles. The second-order valence-electron chi connectivity index (χ2n) is 4.14. The highest BCUT2D eigenvalue weighted by Crippen LogP contribution is 2.29. The zero-order valence-corrected chi connectivity index (χ0v) is 12.9. The number of hydrogen-bond donors (Lipinski definition) is 1. The molecule has 0 unspecified atom stereocenters. The molecule has 0 spiro atoms. The van der Waals surface area contributed by atoms with Gasteiger partial charge in [0.2, 0.25) is 0 Å². The number of benzene rings is 2. The fraction of sp³-hybridized carbons (Fsp3) is 0.125. The van der Waals surface area contributed by atoms with Gasteiger partial charge in [0.15, 0.2) is 11.5 Å². The standard InChI is InChI=1S/C16H17N2O2P/c1-19-14-10-9-13(11-15(14)20-2)17-18-16(21-3)12-7-5-4-6-8-12/h4-11,17H,3H2,1-2H3/b18-16+. The van der Waals surface area contributed by atoms with Crippen LogP contribution in [0, 0.1) is 0 Å². The van der Waals surface area contributed by atoms with Gasteiger partial charge in [-0.15, -0.1) is 0 Å². The van der Waals surface area contributed by atoms with E-state index in [4.69, 9.17) is 9.47 Å².